The van der Waals surface area contributed by atoms with Gasteiger partial charge in [-0.15, -0.1) is 0 Å². The van der Waals surface area contributed by atoms with Gasteiger partial charge >= 0.3 is 0 Å². The topological polar surface area (TPSA) is 12.0 Å². The molecule has 1 heterocycles. The van der Waals surface area contributed by atoms with E-state index in [4.69, 9.17) is 0 Å². The summed E-state index contributed by atoms with van der Waals surface area (Å²) in [5, 5.41) is 10.8. The molecule has 2 aromatic carbocycles. The molecule has 0 saturated carbocycles. The van der Waals surface area contributed by atoms with Crippen LogP contribution in [0.15, 0.2) is 53.2 Å². The van der Waals surface area contributed by atoms with Crippen molar-refractivity contribution in [3.63, 3.8) is 0 Å². The third kappa shape index (κ3) is 2.87. The molecule has 21 heavy (non-hydrogen) atoms. The third-order valence-electron chi connectivity index (χ3n) is 3.95. The maximum absolute atomic E-state index is 3.73. The van der Waals surface area contributed by atoms with Crippen molar-refractivity contribution in [2.45, 2.75) is 26.3 Å². The van der Waals surface area contributed by atoms with Crippen molar-refractivity contribution in [2.24, 2.45) is 0 Å². The monoisotopic (exact) mass is 295 g/mol. The second kappa shape index (κ2) is 6.42. The Labute approximate surface area is 130 Å². The average molecular weight is 295 g/mol. The van der Waals surface area contributed by atoms with Gasteiger partial charge in [0.15, 0.2) is 0 Å². The number of hydrogen-bond acceptors (Lipinski definition) is 2. The second-order valence-electron chi connectivity index (χ2n) is 5.46. The van der Waals surface area contributed by atoms with E-state index in [1.165, 1.54) is 27.5 Å². The highest BCUT2D eigenvalue weighted by atomic mass is 32.1. The normalized spacial score (nSPS) is 12.7. The molecular weight excluding hydrogens is 274 g/mol. The van der Waals surface area contributed by atoms with Gasteiger partial charge in [0.05, 0.1) is 6.04 Å². The molecule has 0 spiro atoms. The van der Waals surface area contributed by atoms with Crippen molar-refractivity contribution in [2.75, 3.05) is 6.54 Å². The van der Waals surface area contributed by atoms with E-state index < -0.39 is 0 Å². The van der Waals surface area contributed by atoms with Crippen molar-refractivity contribution in [1.29, 1.82) is 0 Å². The zero-order valence-corrected chi connectivity index (χ0v) is 13.4. The number of benzene rings is 2. The molecule has 0 aliphatic carbocycles. The van der Waals surface area contributed by atoms with Gasteiger partial charge in [-0.3, -0.25) is 0 Å². The Hall–Kier alpha value is -1.64. The lowest BCUT2D eigenvalue weighted by atomic mass is 9.91. The van der Waals surface area contributed by atoms with E-state index in [0.717, 1.165) is 13.0 Å². The van der Waals surface area contributed by atoms with Gasteiger partial charge < -0.3 is 5.32 Å². The highest BCUT2D eigenvalue weighted by Gasteiger charge is 2.18. The summed E-state index contributed by atoms with van der Waals surface area (Å²) < 4.78 is 0. The molecule has 1 aromatic heterocycles. The van der Waals surface area contributed by atoms with Gasteiger partial charge in [-0.2, -0.15) is 11.3 Å². The highest BCUT2D eigenvalue weighted by Crippen LogP contribution is 2.32. The number of thiophene rings is 1. The van der Waals surface area contributed by atoms with Crippen LogP contribution in [0.1, 0.15) is 36.1 Å². The fourth-order valence-electron chi connectivity index (χ4n) is 2.90. The van der Waals surface area contributed by atoms with Crippen molar-refractivity contribution in [3.8, 4) is 0 Å². The molecule has 1 nitrogen and oxygen atoms in total. The van der Waals surface area contributed by atoms with Crippen LogP contribution in [0.2, 0.25) is 0 Å². The average Bonchev–Trinajstić information content (AvgIpc) is 3.03. The Kier molecular flexibility index (Phi) is 4.37. The molecule has 0 aliphatic heterocycles. The SMILES string of the molecule is CCCNC(c1ccsc1)c1c(C)ccc2ccccc12. The first-order chi connectivity index (χ1) is 10.3. The Morgan fingerprint density at radius 2 is 1.95 bits per heavy atom. The lowest BCUT2D eigenvalue weighted by Gasteiger charge is -2.22. The summed E-state index contributed by atoms with van der Waals surface area (Å²) in [6.07, 6.45) is 1.14. The van der Waals surface area contributed by atoms with Crippen LogP contribution in [-0.4, -0.2) is 6.54 Å². The maximum Gasteiger partial charge on any atom is 0.0593 e. The Morgan fingerprint density at radius 1 is 1.10 bits per heavy atom. The van der Waals surface area contributed by atoms with Crippen LogP contribution < -0.4 is 5.32 Å². The molecular formula is C19H21NS. The van der Waals surface area contributed by atoms with Gasteiger partial charge in [-0.25, -0.2) is 0 Å². The molecule has 0 fully saturated rings. The predicted octanol–water partition coefficient (Wildman–Crippen LogP) is 5.30. The molecule has 3 aromatic rings. The van der Waals surface area contributed by atoms with E-state index in [2.05, 4.69) is 72.4 Å². The first-order valence-electron chi connectivity index (χ1n) is 7.55. The van der Waals surface area contributed by atoms with E-state index >= 15 is 0 Å². The molecule has 0 radical (unpaired) electrons. The van der Waals surface area contributed by atoms with E-state index in [-0.39, 0.29) is 6.04 Å². The number of rotatable bonds is 5. The first-order valence-corrected chi connectivity index (χ1v) is 8.49. The minimum Gasteiger partial charge on any atom is -0.306 e. The Bertz CT molecular complexity index is 716. The van der Waals surface area contributed by atoms with E-state index in [1.807, 2.05) is 0 Å². The summed E-state index contributed by atoms with van der Waals surface area (Å²) >= 11 is 1.77. The quantitative estimate of drug-likeness (QED) is 0.673. The highest BCUT2D eigenvalue weighted by molar-refractivity contribution is 7.08. The molecule has 0 saturated heterocycles. The lowest BCUT2D eigenvalue weighted by Crippen LogP contribution is -2.23. The number of aryl methyl sites for hydroxylation is 1. The van der Waals surface area contributed by atoms with E-state index in [9.17, 15) is 0 Å². The minimum atomic E-state index is 0.280. The number of nitrogens with one attached hydrogen (secondary N) is 1. The number of hydrogen-bond donors (Lipinski definition) is 1. The van der Waals surface area contributed by atoms with Crippen LogP contribution in [0, 0.1) is 6.92 Å². The zero-order chi connectivity index (χ0) is 14.7. The maximum atomic E-state index is 3.73. The van der Waals surface area contributed by atoms with Crippen molar-refractivity contribution < 1.29 is 0 Å². The smallest absolute Gasteiger partial charge is 0.0593 e. The van der Waals surface area contributed by atoms with Crippen LogP contribution in [0.25, 0.3) is 10.8 Å². The van der Waals surface area contributed by atoms with Gasteiger partial charge in [0.2, 0.25) is 0 Å². The van der Waals surface area contributed by atoms with Gasteiger partial charge in [0.25, 0.3) is 0 Å². The van der Waals surface area contributed by atoms with Crippen molar-refractivity contribution >= 4 is 22.1 Å². The molecule has 3 rings (SSSR count). The molecule has 1 atom stereocenters. The van der Waals surface area contributed by atoms with E-state index in [1.54, 1.807) is 11.3 Å². The van der Waals surface area contributed by atoms with Crippen molar-refractivity contribution in [1.82, 2.24) is 5.32 Å². The minimum absolute atomic E-state index is 0.280. The molecule has 0 bridgehead atoms. The molecule has 2 heteroatoms. The molecule has 108 valence electrons. The fraction of sp³-hybridized carbons (Fsp3) is 0.263. The summed E-state index contributed by atoms with van der Waals surface area (Å²) in [6, 6.07) is 15.7. The van der Waals surface area contributed by atoms with Crippen LogP contribution in [-0.2, 0) is 0 Å². The summed E-state index contributed by atoms with van der Waals surface area (Å²) in [5.74, 6) is 0. The standard InChI is InChI=1S/C19H21NS/c1-3-11-20-19(16-10-12-21-13-16)18-14(2)8-9-15-6-4-5-7-17(15)18/h4-10,12-13,19-20H,3,11H2,1-2H3. The van der Waals surface area contributed by atoms with Gasteiger partial charge in [0.1, 0.15) is 0 Å². The lowest BCUT2D eigenvalue weighted by molar-refractivity contribution is 0.601. The van der Waals surface area contributed by atoms with Crippen LogP contribution >= 0.6 is 11.3 Å². The summed E-state index contributed by atoms with van der Waals surface area (Å²) in [7, 11) is 0. The molecule has 1 N–H and O–H groups in total. The van der Waals surface area contributed by atoms with E-state index in [0.29, 0.717) is 0 Å². The second-order valence-corrected chi connectivity index (χ2v) is 6.24. The Morgan fingerprint density at radius 3 is 2.71 bits per heavy atom. The molecule has 0 aliphatic rings. The predicted molar refractivity (Wildman–Crippen MR) is 93.1 cm³/mol. The van der Waals surface area contributed by atoms with Gasteiger partial charge in [-0.05, 0) is 64.2 Å². The van der Waals surface area contributed by atoms with Crippen molar-refractivity contribution in [3.05, 3.63) is 69.9 Å². The summed E-state index contributed by atoms with van der Waals surface area (Å²) in [6.45, 7) is 5.46. The third-order valence-corrected chi connectivity index (χ3v) is 4.65. The fourth-order valence-corrected chi connectivity index (χ4v) is 3.59. The number of fused-ring (bicyclic) bond motifs is 1. The van der Waals surface area contributed by atoms with Crippen LogP contribution in [0.3, 0.4) is 0 Å². The first kappa shape index (κ1) is 14.3. The zero-order valence-electron chi connectivity index (χ0n) is 12.6. The summed E-state index contributed by atoms with van der Waals surface area (Å²) in [5.41, 5.74) is 4.14. The van der Waals surface area contributed by atoms with Crippen LogP contribution in [0.5, 0.6) is 0 Å². The molecule has 0 amide bonds. The largest absolute Gasteiger partial charge is 0.306 e. The Balaban J connectivity index is 2.16. The molecule has 1 unspecified atom stereocenters. The van der Waals surface area contributed by atoms with Crippen LogP contribution in [0.4, 0.5) is 0 Å². The van der Waals surface area contributed by atoms with Gasteiger partial charge in [-0.1, -0.05) is 43.3 Å². The summed E-state index contributed by atoms with van der Waals surface area (Å²) in [4.78, 5) is 0. The van der Waals surface area contributed by atoms with Gasteiger partial charge in [0, 0.05) is 0 Å².